The Labute approximate surface area is 207 Å². The Bertz CT molecular complexity index is 1130. The molecule has 1 aromatic heterocycles. The molecule has 1 saturated heterocycles. The number of H-pyrrole nitrogens is 1. The van der Waals surface area contributed by atoms with E-state index in [1.807, 2.05) is 0 Å². The number of imidazole rings is 1. The van der Waals surface area contributed by atoms with Gasteiger partial charge >= 0.3 is 0 Å². The van der Waals surface area contributed by atoms with E-state index in [9.17, 15) is 18.8 Å². The van der Waals surface area contributed by atoms with E-state index >= 15 is 0 Å². The number of anilines is 1. The molecule has 1 saturated carbocycles. The van der Waals surface area contributed by atoms with Gasteiger partial charge < -0.3 is 25.3 Å². The SMILES string of the molecule is COCCNC(=O)c1nc[nH]c1C(=O)N[C@H]1CC[C@@]2(CCN(c3cc(C)c(F)cc3Cl)C2=O)CC1. The molecule has 2 fully saturated rings. The molecule has 188 valence electrons. The number of hydrogen-bond acceptors (Lipinski definition) is 5. The molecule has 2 aliphatic rings. The minimum Gasteiger partial charge on any atom is -0.383 e. The second kappa shape index (κ2) is 10.3. The van der Waals surface area contributed by atoms with Gasteiger partial charge in [-0.25, -0.2) is 9.37 Å². The lowest BCUT2D eigenvalue weighted by Gasteiger charge is -2.36. The summed E-state index contributed by atoms with van der Waals surface area (Å²) in [5, 5.41) is 5.84. The summed E-state index contributed by atoms with van der Waals surface area (Å²) in [7, 11) is 1.53. The summed E-state index contributed by atoms with van der Waals surface area (Å²) in [6.07, 6.45) is 4.50. The third-order valence-electron chi connectivity index (χ3n) is 6.98. The maximum atomic E-state index is 13.8. The summed E-state index contributed by atoms with van der Waals surface area (Å²) in [4.78, 5) is 46.9. The summed E-state index contributed by atoms with van der Waals surface area (Å²) in [5.41, 5.74) is 0.602. The maximum Gasteiger partial charge on any atom is 0.272 e. The normalized spacial score (nSPS) is 22.0. The van der Waals surface area contributed by atoms with Crippen LogP contribution in [-0.2, 0) is 9.53 Å². The highest BCUT2D eigenvalue weighted by atomic mass is 35.5. The van der Waals surface area contributed by atoms with Gasteiger partial charge in [-0.05, 0) is 56.7 Å². The van der Waals surface area contributed by atoms with Crippen molar-refractivity contribution in [3.8, 4) is 0 Å². The number of halogens is 2. The Hall–Kier alpha value is -2.98. The molecule has 2 aromatic rings. The number of aromatic nitrogens is 2. The third-order valence-corrected chi connectivity index (χ3v) is 7.29. The van der Waals surface area contributed by atoms with Crippen LogP contribution in [0.5, 0.6) is 0 Å². The van der Waals surface area contributed by atoms with Crippen molar-refractivity contribution in [3.05, 3.63) is 46.3 Å². The molecule has 35 heavy (non-hydrogen) atoms. The Morgan fingerprint density at radius 2 is 2.03 bits per heavy atom. The Balaban J connectivity index is 1.36. The maximum absolute atomic E-state index is 13.8. The van der Waals surface area contributed by atoms with Crippen LogP contribution in [0.25, 0.3) is 0 Å². The number of rotatable bonds is 7. The molecule has 0 unspecified atom stereocenters. The number of amides is 3. The third kappa shape index (κ3) is 5.04. The van der Waals surface area contributed by atoms with Crippen molar-refractivity contribution in [1.29, 1.82) is 0 Å². The van der Waals surface area contributed by atoms with Gasteiger partial charge in [-0.3, -0.25) is 14.4 Å². The van der Waals surface area contributed by atoms with Gasteiger partial charge in [0.2, 0.25) is 5.91 Å². The van der Waals surface area contributed by atoms with Gasteiger partial charge in [0.05, 0.1) is 29.1 Å². The van der Waals surface area contributed by atoms with Gasteiger partial charge in [0.15, 0.2) is 5.69 Å². The molecule has 3 N–H and O–H groups in total. The Kier molecular flexibility index (Phi) is 7.42. The van der Waals surface area contributed by atoms with Crippen molar-refractivity contribution < 1.29 is 23.5 Å². The molecule has 3 amide bonds. The zero-order valence-corrected chi connectivity index (χ0v) is 20.5. The minimum absolute atomic E-state index is 0.00114. The summed E-state index contributed by atoms with van der Waals surface area (Å²) in [5.74, 6) is -1.27. The van der Waals surface area contributed by atoms with E-state index in [-0.39, 0.29) is 28.4 Å². The van der Waals surface area contributed by atoms with Crippen molar-refractivity contribution >= 4 is 35.0 Å². The molecular weight excluding hydrogens is 477 g/mol. The van der Waals surface area contributed by atoms with Gasteiger partial charge in [-0.2, -0.15) is 0 Å². The fraction of sp³-hybridized carbons (Fsp3) is 0.500. The lowest BCUT2D eigenvalue weighted by Crippen LogP contribution is -2.44. The number of nitrogens with one attached hydrogen (secondary N) is 3. The van der Waals surface area contributed by atoms with Crippen LogP contribution in [0.1, 0.15) is 58.6 Å². The van der Waals surface area contributed by atoms with Crippen LogP contribution in [0.3, 0.4) is 0 Å². The average molecular weight is 506 g/mol. The molecule has 1 spiro atoms. The monoisotopic (exact) mass is 505 g/mol. The number of aromatic amines is 1. The molecule has 9 nitrogen and oxygen atoms in total. The predicted octanol–water partition coefficient (Wildman–Crippen LogP) is 2.98. The largest absolute Gasteiger partial charge is 0.383 e. The Morgan fingerprint density at radius 3 is 2.74 bits per heavy atom. The average Bonchev–Trinajstić information content (AvgIpc) is 3.44. The summed E-state index contributed by atoms with van der Waals surface area (Å²) in [6.45, 7) is 2.83. The lowest BCUT2D eigenvalue weighted by atomic mass is 9.71. The minimum atomic E-state index is -0.507. The number of nitrogens with zero attached hydrogens (tertiary/aromatic N) is 2. The first-order valence-electron chi connectivity index (χ1n) is 11.6. The van der Waals surface area contributed by atoms with Gasteiger partial charge in [0, 0.05) is 26.2 Å². The first kappa shape index (κ1) is 25.1. The number of methoxy groups -OCH3 is 1. The lowest BCUT2D eigenvalue weighted by molar-refractivity contribution is -0.127. The number of hydrogen-bond donors (Lipinski definition) is 3. The van der Waals surface area contributed by atoms with Crippen LogP contribution in [-0.4, -0.2) is 60.5 Å². The van der Waals surface area contributed by atoms with E-state index in [0.29, 0.717) is 63.1 Å². The quantitative estimate of drug-likeness (QED) is 0.500. The number of aryl methyl sites for hydroxylation is 1. The highest BCUT2D eigenvalue weighted by Gasteiger charge is 2.49. The summed E-state index contributed by atoms with van der Waals surface area (Å²) in [6, 6.07) is 2.74. The molecule has 0 radical (unpaired) electrons. The van der Waals surface area contributed by atoms with Crippen molar-refractivity contribution in [2.24, 2.45) is 5.41 Å². The predicted molar refractivity (Wildman–Crippen MR) is 128 cm³/mol. The topological polar surface area (TPSA) is 116 Å². The molecule has 2 heterocycles. The first-order chi connectivity index (χ1) is 16.8. The van der Waals surface area contributed by atoms with Crippen LogP contribution < -0.4 is 15.5 Å². The molecule has 1 aromatic carbocycles. The standard InChI is InChI=1S/C24H29ClFN5O4/c1-14-11-18(16(25)12-17(14)26)31-9-7-24(23(31)34)5-3-15(4-6-24)30-22(33)20-19(28-13-29-20)21(32)27-8-10-35-2/h11-13,15H,3-10H2,1-2H3,(H,27,32)(H,28,29)(H,30,33)/t15-,24-. The number of carbonyl (C=O) groups is 3. The van der Waals surface area contributed by atoms with Gasteiger partial charge in [0.25, 0.3) is 11.8 Å². The highest BCUT2D eigenvalue weighted by molar-refractivity contribution is 6.34. The van der Waals surface area contributed by atoms with E-state index < -0.39 is 23.0 Å². The molecular formula is C24H29ClFN5O4. The van der Waals surface area contributed by atoms with Crippen molar-refractivity contribution in [3.63, 3.8) is 0 Å². The number of carbonyl (C=O) groups excluding carboxylic acids is 3. The van der Waals surface area contributed by atoms with Crippen LogP contribution in [0.2, 0.25) is 5.02 Å². The fourth-order valence-electron chi connectivity index (χ4n) is 4.93. The summed E-state index contributed by atoms with van der Waals surface area (Å²) < 4.78 is 18.7. The van der Waals surface area contributed by atoms with Crippen molar-refractivity contribution in [1.82, 2.24) is 20.6 Å². The molecule has 0 bridgehead atoms. The Morgan fingerprint density at radius 1 is 1.29 bits per heavy atom. The molecule has 1 aliphatic heterocycles. The van der Waals surface area contributed by atoms with Gasteiger partial charge in [-0.1, -0.05) is 11.6 Å². The van der Waals surface area contributed by atoms with Gasteiger partial charge in [0.1, 0.15) is 11.5 Å². The van der Waals surface area contributed by atoms with E-state index in [0.717, 1.165) is 0 Å². The van der Waals surface area contributed by atoms with E-state index in [2.05, 4.69) is 20.6 Å². The van der Waals surface area contributed by atoms with Gasteiger partial charge in [-0.15, -0.1) is 0 Å². The molecule has 0 atom stereocenters. The number of ether oxygens (including phenoxy) is 1. The zero-order valence-electron chi connectivity index (χ0n) is 19.7. The first-order valence-corrected chi connectivity index (χ1v) is 12.0. The van der Waals surface area contributed by atoms with Crippen LogP contribution in [0.4, 0.5) is 10.1 Å². The summed E-state index contributed by atoms with van der Waals surface area (Å²) >= 11 is 6.25. The zero-order chi connectivity index (χ0) is 25.2. The smallest absolute Gasteiger partial charge is 0.272 e. The number of benzene rings is 1. The molecule has 11 heteroatoms. The van der Waals surface area contributed by atoms with Crippen LogP contribution >= 0.6 is 11.6 Å². The molecule has 1 aliphatic carbocycles. The van der Waals surface area contributed by atoms with E-state index in [4.69, 9.17) is 16.3 Å². The van der Waals surface area contributed by atoms with Crippen molar-refractivity contribution in [2.75, 3.05) is 31.7 Å². The second-order valence-electron chi connectivity index (χ2n) is 9.16. The van der Waals surface area contributed by atoms with Crippen molar-refractivity contribution in [2.45, 2.75) is 45.1 Å². The fourth-order valence-corrected chi connectivity index (χ4v) is 5.18. The second-order valence-corrected chi connectivity index (χ2v) is 9.57. The molecule has 4 rings (SSSR count). The van der Waals surface area contributed by atoms with E-state index in [1.165, 1.54) is 19.5 Å². The van der Waals surface area contributed by atoms with Crippen LogP contribution in [0.15, 0.2) is 18.5 Å². The van der Waals surface area contributed by atoms with Crippen LogP contribution in [0, 0.1) is 18.2 Å². The van der Waals surface area contributed by atoms with E-state index in [1.54, 1.807) is 17.9 Å². The highest BCUT2D eigenvalue weighted by Crippen LogP contribution is 2.47.